The molecule has 1 aliphatic carbocycles. The van der Waals surface area contributed by atoms with E-state index in [1.165, 1.54) is 25.7 Å². The predicted octanol–water partition coefficient (Wildman–Crippen LogP) is 2.85. The summed E-state index contributed by atoms with van der Waals surface area (Å²) in [6, 6.07) is 13.3. The molecule has 6 nitrogen and oxygen atoms in total. The number of amides is 1. The third-order valence-electron chi connectivity index (χ3n) is 3.75. The fraction of sp³-hybridized carbons (Fsp3) is 0.353. The maximum atomic E-state index is 11.8. The van der Waals surface area contributed by atoms with Crippen molar-refractivity contribution in [1.82, 2.24) is 10.2 Å². The second kappa shape index (κ2) is 7.58. The average molecular weight is 312 g/mol. The van der Waals surface area contributed by atoms with Gasteiger partial charge in [-0.1, -0.05) is 31.0 Å². The fourth-order valence-corrected chi connectivity index (χ4v) is 2.60. The van der Waals surface area contributed by atoms with E-state index in [9.17, 15) is 4.79 Å². The summed E-state index contributed by atoms with van der Waals surface area (Å²) in [4.78, 5) is 11.8. The summed E-state index contributed by atoms with van der Waals surface area (Å²) in [7, 11) is 0. The number of benzene rings is 1. The average Bonchev–Trinajstić information content (AvgIpc) is 3.09. The maximum absolute atomic E-state index is 11.8. The minimum Gasteiger partial charge on any atom is -0.484 e. The smallest absolute Gasteiger partial charge is 0.263 e. The molecule has 1 aliphatic rings. The van der Waals surface area contributed by atoms with E-state index in [1.54, 1.807) is 18.2 Å². The van der Waals surface area contributed by atoms with Crippen LogP contribution in [0.15, 0.2) is 42.5 Å². The molecule has 6 heteroatoms. The van der Waals surface area contributed by atoms with Gasteiger partial charge in [-0.05, 0) is 37.1 Å². The van der Waals surface area contributed by atoms with Gasteiger partial charge in [-0.15, -0.1) is 10.2 Å². The molecule has 1 fully saturated rings. The molecule has 0 bridgehead atoms. The number of nitrogens with zero attached hydrogens (tertiary/aromatic N) is 2. The standard InChI is InChI=1S/C17H20N4O2/c22-17(12-23-14-8-2-1-3-9-14)19-16-11-10-15(20-21-16)18-13-6-4-5-7-13/h1-3,8-11,13H,4-7,12H2,(H,18,20)(H,19,21,22). The van der Waals surface area contributed by atoms with Gasteiger partial charge >= 0.3 is 0 Å². The monoisotopic (exact) mass is 312 g/mol. The highest BCUT2D eigenvalue weighted by molar-refractivity contribution is 5.90. The molecule has 3 rings (SSSR count). The number of hydrogen-bond acceptors (Lipinski definition) is 5. The Labute approximate surface area is 135 Å². The van der Waals surface area contributed by atoms with E-state index in [0.717, 1.165) is 5.82 Å². The van der Waals surface area contributed by atoms with Crippen LogP contribution in [0.2, 0.25) is 0 Å². The van der Waals surface area contributed by atoms with Crippen molar-refractivity contribution >= 4 is 17.5 Å². The Morgan fingerprint density at radius 3 is 2.43 bits per heavy atom. The Kier molecular flexibility index (Phi) is 5.03. The van der Waals surface area contributed by atoms with Crippen molar-refractivity contribution in [3.63, 3.8) is 0 Å². The zero-order valence-corrected chi connectivity index (χ0v) is 12.9. The molecular formula is C17H20N4O2. The van der Waals surface area contributed by atoms with Crippen LogP contribution in [0.4, 0.5) is 11.6 Å². The lowest BCUT2D eigenvalue weighted by Crippen LogP contribution is -2.21. The number of carbonyl (C=O) groups is 1. The van der Waals surface area contributed by atoms with E-state index in [2.05, 4.69) is 20.8 Å². The minimum atomic E-state index is -0.264. The zero-order valence-electron chi connectivity index (χ0n) is 12.9. The van der Waals surface area contributed by atoms with Gasteiger partial charge in [0.25, 0.3) is 5.91 Å². The van der Waals surface area contributed by atoms with Crippen LogP contribution in [0.5, 0.6) is 5.75 Å². The number of ether oxygens (including phenoxy) is 1. The summed E-state index contributed by atoms with van der Waals surface area (Å²) in [6.07, 6.45) is 4.88. The third-order valence-corrected chi connectivity index (χ3v) is 3.75. The Morgan fingerprint density at radius 2 is 1.74 bits per heavy atom. The van der Waals surface area contributed by atoms with Gasteiger partial charge in [0.1, 0.15) is 11.6 Å². The Bertz CT molecular complexity index is 625. The number of carbonyl (C=O) groups excluding carboxylic acids is 1. The van der Waals surface area contributed by atoms with Crippen molar-refractivity contribution < 1.29 is 9.53 Å². The molecule has 120 valence electrons. The summed E-state index contributed by atoms with van der Waals surface area (Å²) < 4.78 is 5.38. The van der Waals surface area contributed by atoms with Gasteiger partial charge in [0.2, 0.25) is 0 Å². The van der Waals surface area contributed by atoms with Gasteiger partial charge in [0.05, 0.1) is 0 Å². The van der Waals surface area contributed by atoms with Crippen LogP contribution < -0.4 is 15.4 Å². The van der Waals surface area contributed by atoms with Gasteiger partial charge in [0, 0.05) is 6.04 Å². The summed E-state index contributed by atoms with van der Waals surface area (Å²) in [5.41, 5.74) is 0. The van der Waals surface area contributed by atoms with Crippen molar-refractivity contribution in [1.29, 1.82) is 0 Å². The number of para-hydroxylation sites is 1. The summed E-state index contributed by atoms with van der Waals surface area (Å²) in [5.74, 6) is 1.56. The van der Waals surface area contributed by atoms with Crippen molar-refractivity contribution in [3.8, 4) is 5.75 Å². The van der Waals surface area contributed by atoms with Gasteiger partial charge < -0.3 is 15.4 Å². The molecule has 0 unspecified atom stereocenters. The van der Waals surface area contributed by atoms with E-state index in [4.69, 9.17) is 4.74 Å². The molecule has 0 atom stereocenters. The molecule has 2 N–H and O–H groups in total. The lowest BCUT2D eigenvalue weighted by molar-refractivity contribution is -0.118. The number of anilines is 2. The fourth-order valence-electron chi connectivity index (χ4n) is 2.60. The molecule has 1 heterocycles. The van der Waals surface area contributed by atoms with E-state index < -0.39 is 0 Å². The number of nitrogens with one attached hydrogen (secondary N) is 2. The third kappa shape index (κ3) is 4.67. The molecular weight excluding hydrogens is 292 g/mol. The second-order valence-corrected chi connectivity index (χ2v) is 5.58. The first-order valence-electron chi connectivity index (χ1n) is 7.87. The number of hydrogen-bond donors (Lipinski definition) is 2. The van der Waals surface area contributed by atoms with Crippen LogP contribution in [0.3, 0.4) is 0 Å². The van der Waals surface area contributed by atoms with Crippen LogP contribution in [0, 0.1) is 0 Å². The molecule has 0 radical (unpaired) electrons. The Balaban J connectivity index is 1.46. The van der Waals surface area contributed by atoms with Gasteiger partial charge in [-0.2, -0.15) is 0 Å². The van der Waals surface area contributed by atoms with E-state index in [0.29, 0.717) is 17.6 Å². The minimum absolute atomic E-state index is 0.0617. The highest BCUT2D eigenvalue weighted by Gasteiger charge is 2.15. The molecule has 1 saturated carbocycles. The largest absolute Gasteiger partial charge is 0.484 e. The molecule has 0 spiro atoms. The van der Waals surface area contributed by atoms with Gasteiger partial charge in [-0.25, -0.2) is 0 Å². The summed E-state index contributed by atoms with van der Waals surface area (Å²) >= 11 is 0. The summed E-state index contributed by atoms with van der Waals surface area (Å²) in [6.45, 7) is -0.0617. The topological polar surface area (TPSA) is 76.1 Å². The lowest BCUT2D eigenvalue weighted by Gasteiger charge is -2.12. The SMILES string of the molecule is O=C(COc1ccccc1)Nc1ccc(NC2CCCC2)nn1. The summed E-state index contributed by atoms with van der Waals surface area (Å²) in [5, 5.41) is 14.1. The Hall–Kier alpha value is -2.63. The predicted molar refractivity (Wildman–Crippen MR) is 88.5 cm³/mol. The molecule has 0 saturated heterocycles. The molecule has 1 aromatic carbocycles. The van der Waals surface area contributed by atoms with Crippen LogP contribution in [-0.2, 0) is 4.79 Å². The van der Waals surface area contributed by atoms with Crippen LogP contribution in [-0.4, -0.2) is 28.8 Å². The van der Waals surface area contributed by atoms with Crippen LogP contribution in [0.25, 0.3) is 0 Å². The first kappa shape index (κ1) is 15.3. The molecule has 1 aromatic heterocycles. The molecule has 23 heavy (non-hydrogen) atoms. The van der Waals surface area contributed by atoms with Crippen molar-refractivity contribution in [2.75, 3.05) is 17.2 Å². The highest BCUT2D eigenvalue weighted by atomic mass is 16.5. The Morgan fingerprint density at radius 1 is 1.04 bits per heavy atom. The highest BCUT2D eigenvalue weighted by Crippen LogP contribution is 2.21. The number of rotatable bonds is 6. The molecule has 1 amide bonds. The van der Waals surface area contributed by atoms with Crippen LogP contribution >= 0.6 is 0 Å². The van der Waals surface area contributed by atoms with Crippen molar-refractivity contribution in [2.45, 2.75) is 31.7 Å². The maximum Gasteiger partial charge on any atom is 0.263 e. The zero-order chi connectivity index (χ0) is 15.9. The first-order chi connectivity index (χ1) is 11.3. The van der Waals surface area contributed by atoms with Crippen molar-refractivity contribution in [3.05, 3.63) is 42.5 Å². The van der Waals surface area contributed by atoms with E-state index in [-0.39, 0.29) is 12.5 Å². The lowest BCUT2D eigenvalue weighted by atomic mass is 10.2. The quantitative estimate of drug-likeness (QED) is 0.858. The normalized spacial score (nSPS) is 14.4. The van der Waals surface area contributed by atoms with Crippen molar-refractivity contribution in [2.24, 2.45) is 0 Å². The molecule has 0 aliphatic heterocycles. The van der Waals surface area contributed by atoms with Gasteiger partial charge in [0.15, 0.2) is 12.4 Å². The van der Waals surface area contributed by atoms with Crippen LogP contribution in [0.1, 0.15) is 25.7 Å². The van der Waals surface area contributed by atoms with E-state index >= 15 is 0 Å². The van der Waals surface area contributed by atoms with E-state index in [1.807, 2.05) is 24.3 Å². The number of aromatic nitrogens is 2. The second-order valence-electron chi connectivity index (χ2n) is 5.58. The first-order valence-corrected chi connectivity index (χ1v) is 7.87. The van der Waals surface area contributed by atoms with Gasteiger partial charge in [-0.3, -0.25) is 4.79 Å². The molecule has 2 aromatic rings.